The third-order valence-electron chi connectivity index (χ3n) is 7.35. The standard InChI is InChI=1S/C24H30N8O3/c33-22(13-2-1-3-13)28-17-8-4-15(5-9-17)26-19-11-20(27-16-6-7-16)32-21(30-19)14(12-25-32)10-18-23(34)31-24(35)29-18/h10-13,15-17,27H,1-9H2,(H,26,30)(H,28,33)(H2,29,31,34,35)/b18-10-/t15-,17-. The van der Waals surface area contributed by atoms with Crippen LogP contribution in [0.15, 0.2) is 18.0 Å². The number of rotatable bonds is 7. The fourth-order valence-electron chi connectivity index (χ4n) is 4.91. The van der Waals surface area contributed by atoms with E-state index in [9.17, 15) is 14.4 Å². The molecule has 1 aliphatic heterocycles. The third-order valence-corrected chi connectivity index (χ3v) is 7.35. The van der Waals surface area contributed by atoms with E-state index in [4.69, 9.17) is 4.98 Å². The van der Waals surface area contributed by atoms with Crippen molar-refractivity contribution in [2.75, 3.05) is 10.6 Å². The summed E-state index contributed by atoms with van der Waals surface area (Å²) in [5, 5.41) is 19.5. The lowest BCUT2D eigenvalue weighted by atomic mass is 9.84. The van der Waals surface area contributed by atoms with Crippen molar-refractivity contribution in [1.82, 2.24) is 30.5 Å². The van der Waals surface area contributed by atoms with Gasteiger partial charge in [-0.1, -0.05) is 6.42 Å². The van der Waals surface area contributed by atoms with Crippen LogP contribution in [-0.4, -0.2) is 50.6 Å². The van der Waals surface area contributed by atoms with Crippen LogP contribution in [0.5, 0.6) is 0 Å². The SMILES string of the molecule is O=C1NC(=O)/C(=C/c2cnn3c(NC4CC4)cc(N[C@H]4CC[C@H](NC(=O)C5CCC5)CC4)nc23)N1. The van der Waals surface area contributed by atoms with Crippen LogP contribution in [0, 0.1) is 5.92 Å². The second-order valence-corrected chi connectivity index (χ2v) is 10.1. The van der Waals surface area contributed by atoms with Crippen LogP contribution in [-0.2, 0) is 9.59 Å². The Labute approximate surface area is 202 Å². The molecule has 2 aromatic rings. The average Bonchev–Trinajstić information content (AvgIpc) is 3.42. The van der Waals surface area contributed by atoms with Crippen molar-refractivity contribution in [3.63, 3.8) is 0 Å². The molecule has 6 rings (SSSR count). The molecular formula is C24H30N8O3. The minimum atomic E-state index is -0.538. The van der Waals surface area contributed by atoms with Gasteiger partial charge in [0.15, 0.2) is 5.65 Å². The number of anilines is 2. The Balaban J connectivity index is 1.18. The highest BCUT2D eigenvalue weighted by atomic mass is 16.2. The number of carbonyl (C=O) groups excluding carboxylic acids is 3. The summed E-state index contributed by atoms with van der Waals surface area (Å²) in [7, 11) is 0. The fourth-order valence-corrected chi connectivity index (χ4v) is 4.91. The molecule has 4 aliphatic rings. The Morgan fingerprint density at radius 3 is 2.34 bits per heavy atom. The van der Waals surface area contributed by atoms with Gasteiger partial charge in [-0.15, -0.1) is 0 Å². The van der Waals surface area contributed by atoms with Gasteiger partial charge in [-0.3, -0.25) is 14.9 Å². The molecule has 3 aliphatic carbocycles. The van der Waals surface area contributed by atoms with Crippen molar-refractivity contribution < 1.29 is 14.4 Å². The lowest BCUT2D eigenvalue weighted by Gasteiger charge is -2.32. The highest BCUT2D eigenvalue weighted by Gasteiger charge is 2.30. The number of urea groups is 1. The van der Waals surface area contributed by atoms with Gasteiger partial charge in [0.25, 0.3) is 5.91 Å². The molecule has 1 saturated heterocycles. The number of nitrogens with zero attached hydrogens (tertiary/aromatic N) is 3. The summed E-state index contributed by atoms with van der Waals surface area (Å²) in [5.41, 5.74) is 1.41. The van der Waals surface area contributed by atoms with E-state index in [1.165, 1.54) is 6.42 Å². The number of aromatic nitrogens is 3. The fraction of sp³-hybridized carbons (Fsp3) is 0.542. The van der Waals surface area contributed by atoms with E-state index in [0.717, 1.165) is 63.0 Å². The van der Waals surface area contributed by atoms with E-state index in [1.807, 2.05) is 6.07 Å². The second kappa shape index (κ2) is 8.86. The molecule has 0 atom stereocenters. The number of hydrogen-bond acceptors (Lipinski definition) is 7. The van der Waals surface area contributed by atoms with Crippen molar-refractivity contribution >= 4 is 41.2 Å². The summed E-state index contributed by atoms with van der Waals surface area (Å²) in [5.74, 6) is 1.56. The molecule has 2 aromatic heterocycles. The molecule has 3 heterocycles. The highest BCUT2D eigenvalue weighted by Crippen LogP contribution is 2.30. The molecule has 184 valence electrons. The van der Waals surface area contributed by atoms with Gasteiger partial charge in [0.05, 0.1) is 6.20 Å². The van der Waals surface area contributed by atoms with Crippen LogP contribution in [0.2, 0.25) is 0 Å². The van der Waals surface area contributed by atoms with Crippen LogP contribution in [0.4, 0.5) is 16.4 Å². The molecule has 0 radical (unpaired) electrons. The lowest BCUT2D eigenvalue weighted by molar-refractivity contribution is -0.128. The maximum absolute atomic E-state index is 12.3. The Morgan fingerprint density at radius 2 is 1.69 bits per heavy atom. The summed E-state index contributed by atoms with van der Waals surface area (Å²) < 4.78 is 1.73. The molecule has 4 amide bonds. The maximum Gasteiger partial charge on any atom is 0.326 e. The topological polar surface area (TPSA) is 142 Å². The third kappa shape index (κ3) is 4.67. The van der Waals surface area contributed by atoms with E-state index in [2.05, 4.69) is 31.7 Å². The number of fused-ring (bicyclic) bond motifs is 1. The van der Waals surface area contributed by atoms with Gasteiger partial charge in [-0.05, 0) is 57.4 Å². The first-order chi connectivity index (χ1) is 17.0. The Bertz CT molecular complexity index is 1200. The Kier molecular flexibility index (Phi) is 5.54. The summed E-state index contributed by atoms with van der Waals surface area (Å²) in [4.78, 5) is 40.6. The average molecular weight is 479 g/mol. The van der Waals surface area contributed by atoms with E-state index < -0.39 is 11.9 Å². The normalized spacial score (nSPS) is 25.8. The molecule has 0 bridgehead atoms. The van der Waals surface area contributed by atoms with E-state index in [-0.39, 0.29) is 29.6 Å². The first-order valence-electron chi connectivity index (χ1n) is 12.6. The van der Waals surface area contributed by atoms with Crippen molar-refractivity contribution in [2.45, 2.75) is 75.9 Å². The molecule has 0 spiro atoms. The summed E-state index contributed by atoms with van der Waals surface area (Å²) in [6.45, 7) is 0. The summed E-state index contributed by atoms with van der Waals surface area (Å²) >= 11 is 0. The van der Waals surface area contributed by atoms with Gasteiger partial charge in [0.1, 0.15) is 17.3 Å². The van der Waals surface area contributed by atoms with Crippen LogP contribution < -0.4 is 26.6 Å². The van der Waals surface area contributed by atoms with E-state index in [0.29, 0.717) is 17.3 Å². The molecule has 5 N–H and O–H groups in total. The zero-order valence-electron chi connectivity index (χ0n) is 19.5. The molecule has 4 fully saturated rings. The first kappa shape index (κ1) is 21.9. The second-order valence-electron chi connectivity index (χ2n) is 10.1. The molecule has 11 nitrogen and oxygen atoms in total. The molecule has 3 saturated carbocycles. The predicted molar refractivity (Wildman–Crippen MR) is 129 cm³/mol. The molecular weight excluding hydrogens is 448 g/mol. The van der Waals surface area contributed by atoms with Crippen LogP contribution in [0.25, 0.3) is 11.7 Å². The Morgan fingerprint density at radius 1 is 0.971 bits per heavy atom. The van der Waals surface area contributed by atoms with Crippen molar-refractivity contribution in [1.29, 1.82) is 0 Å². The van der Waals surface area contributed by atoms with Gasteiger partial charge in [-0.25, -0.2) is 9.78 Å². The number of nitrogens with one attached hydrogen (secondary N) is 5. The summed E-state index contributed by atoms with van der Waals surface area (Å²) in [6.07, 6.45) is 12.5. The largest absolute Gasteiger partial charge is 0.367 e. The molecule has 11 heteroatoms. The number of hydrogen-bond donors (Lipinski definition) is 5. The minimum absolute atomic E-state index is 0.170. The summed E-state index contributed by atoms with van der Waals surface area (Å²) in [6, 6.07) is 2.38. The number of carbonyl (C=O) groups is 3. The van der Waals surface area contributed by atoms with Crippen molar-refractivity contribution in [2.24, 2.45) is 5.92 Å². The van der Waals surface area contributed by atoms with Crippen LogP contribution in [0.3, 0.4) is 0 Å². The van der Waals surface area contributed by atoms with Crippen LogP contribution in [0.1, 0.15) is 63.4 Å². The van der Waals surface area contributed by atoms with Gasteiger partial charge in [-0.2, -0.15) is 9.61 Å². The van der Waals surface area contributed by atoms with E-state index >= 15 is 0 Å². The van der Waals surface area contributed by atoms with Gasteiger partial charge < -0.3 is 21.3 Å². The number of amides is 4. The van der Waals surface area contributed by atoms with Crippen LogP contribution >= 0.6 is 0 Å². The zero-order chi connectivity index (χ0) is 23.9. The minimum Gasteiger partial charge on any atom is -0.367 e. The maximum atomic E-state index is 12.3. The zero-order valence-corrected chi connectivity index (χ0v) is 19.5. The monoisotopic (exact) mass is 478 g/mol. The Hall–Kier alpha value is -3.63. The van der Waals surface area contributed by atoms with Crippen molar-refractivity contribution in [3.8, 4) is 0 Å². The smallest absolute Gasteiger partial charge is 0.326 e. The van der Waals surface area contributed by atoms with Gasteiger partial charge in [0, 0.05) is 35.7 Å². The quantitative estimate of drug-likeness (QED) is 0.303. The van der Waals surface area contributed by atoms with E-state index in [1.54, 1.807) is 16.8 Å². The first-order valence-corrected chi connectivity index (χ1v) is 12.6. The molecule has 35 heavy (non-hydrogen) atoms. The van der Waals surface area contributed by atoms with Gasteiger partial charge in [0.2, 0.25) is 5.91 Å². The predicted octanol–water partition coefficient (Wildman–Crippen LogP) is 2.12. The molecule has 0 unspecified atom stereocenters. The number of imide groups is 1. The highest BCUT2D eigenvalue weighted by molar-refractivity contribution is 6.14. The van der Waals surface area contributed by atoms with Gasteiger partial charge >= 0.3 is 6.03 Å². The molecule has 0 aromatic carbocycles. The van der Waals surface area contributed by atoms with Crippen molar-refractivity contribution in [3.05, 3.63) is 23.5 Å². The lowest BCUT2D eigenvalue weighted by Crippen LogP contribution is -2.44.